The molecule has 0 aromatic carbocycles. The Morgan fingerprint density at radius 3 is 1.60 bits per heavy atom. The van der Waals surface area contributed by atoms with Crippen LogP contribution in [0.15, 0.2) is 12.8 Å². The van der Waals surface area contributed by atoms with Gasteiger partial charge in [0.05, 0.1) is 0 Å². The highest BCUT2D eigenvalue weighted by molar-refractivity contribution is 4.66. The standard InChI is InChI=1S/C6H13N.C3H6/c1-4-7(5-2)6-3;1-2-3-1/h4H,1,5-6H2,2-3H3;1-3H2. The molecule has 1 aliphatic rings. The van der Waals surface area contributed by atoms with E-state index in [1.54, 1.807) is 0 Å². The van der Waals surface area contributed by atoms with Crippen molar-refractivity contribution in [3.8, 4) is 0 Å². The van der Waals surface area contributed by atoms with Gasteiger partial charge in [0.25, 0.3) is 0 Å². The lowest BCUT2D eigenvalue weighted by molar-refractivity contribution is 0.420. The van der Waals surface area contributed by atoms with E-state index in [2.05, 4.69) is 25.3 Å². The Morgan fingerprint density at radius 2 is 1.60 bits per heavy atom. The normalized spacial score (nSPS) is 13.0. The lowest BCUT2D eigenvalue weighted by atomic mass is 10.5. The lowest BCUT2D eigenvalue weighted by Crippen LogP contribution is -2.14. The van der Waals surface area contributed by atoms with Gasteiger partial charge in [0.2, 0.25) is 0 Å². The molecule has 0 N–H and O–H groups in total. The first-order chi connectivity index (χ1) is 4.85. The second-order valence-electron chi connectivity index (χ2n) is 2.46. The highest BCUT2D eigenvalue weighted by Gasteiger charge is 1.95. The third-order valence-corrected chi connectivity index (χ3v) is 1.42. The van der Waals surface area contributed by atoms with Gasteiger partial charge in [-0.2, -0.15) is 0 Å². The van der Waals surface area contributed by atoms with Crippen LogP contribution in [0, 0.1) is 0 Å². The summed E-state index contributed by atoms with van der Waals surface area (Å²) in [6, 6.07) is 0. The van der Waals surface area contributed by atoms with Gasteiger partial charge in [-0.05, 0) is 20.0 Å². The fourth-order valence-corrected chi connectivity index (χ4v) is 0.482. The van der Waals surface area contributed by atoms with E-state index in [1.165, 1.54) is 19.3 Å². The molecule has 1 heteroatoms. The van der Waals surface area contributed by atoms with Crippen LogP contribution in [0.25, 0.3) is 0 Å². The summed E-state index contributed by atoms with van der Waals surface area (Å²) in [6.07, 6.45) is 6.36. The Hall–Kier alpha value is -0.460. The summed E-state index contributed by atoms with van der Waals surface area (Å²) in [6.45, 7) is 10.0. The van der Waals surface area contributed by atoms with E-state index in [0.29, 0.717) is 0 Å². The van der Waals surface area contributed by atoms with E-state index in [9.17, 15) is 0 Å². The van der Waals surface area contributed by atoms with Crippen molar-refractivity contribution in [3.63, 3.8) is 0 Å². The number of rotatable bonds is 3. The Labute approximate surface area is 64.7 Å². The highest BCUT2D eigenvalue weighted by Crippen LogP contribution is 2.14. The Balaban J connectivity index is 0.000000219. The molecule has 0 amide bonds. The zero-order valence-corrected chi connectivity index (χ0v) is 7.27. The maximum atomic E-state index is 3.63. The predicted molar refractivity (Wildman–Crippen MR) is 47.0 cm³/mol. The van der Waals surface area contributed by atoms with E-state index in [-0.39, 0.29) is 0 Å². The van der Waals surface area contributed by atoms with Crippen LogP contribution in [-0.2, 0) is 0 Å². The molecule has 0 aliphatic heterocycles. The van der Waals surface area contributed by atoms with Gasteiger partial charge < -0.3 is 4.90 Å². The topological polar surface area (TPSA) is 3.24 Å². The second-order valence-corrected chi connectivity index (χ2v) is 2.46. The quantitative estimate of drug-likeness (QED) is 0.584. The van der Waals surface area contributed by atoms with Crippen LogP contribution in [-0.4, -0.2) is 18.0 Å². The molecular weight excluding hydrogens is 122 g/mol. The molecule has 0 bridgehead atoms. The molecule has 1 saturated carbocycles. The van der Waals surface area contributed by atoms with Gasteiger partial charge in [-0.3, -0.25) is 0 Å². The first kappa shape index (κ1) is 9.54. The first-order valence-corrected chi connectivity index (χ1v) is 4.21. The smallest absolute Gasteiger partial charge is 0.0143 e. The fraction of sp³-hybridized carbons (Fsp3) is 0.778. The summed E-state index contributed by atoms with van der Waals surface area (Å²) >= 11 is 0. The summed E-state index contributed by atoms with van der Waals surface area (Å²) in [5.74, 6) is 0. The van der Waals surface area contributed by atoms with Gasteiger partial charge in [-0.15, -0.1) is 0 Å². The zero-order chi connectivity index (χ0) is 7.82. The largest absolute Gasteiger partial charge is 0.378 e. The lowest BCUT2D eigenvalue weighted by Gasteiger charge is -2.12. The van der Waals surface area contributed by atoms with Crippen LogP contribution in [0.3, 0.4) is 0 Å². The molecule has 0 aromatic heterocycles. The average Bonchev–Trinajstić information content (AvgIpc) is 2.76. The van der Waals surface area contributed by atoms with Crippen molar-refractivity contribution in [1.29, 1.82) is 0 Å². The van der Waals surface area contributed by atoms with E-state index in [1.807, 2.05) is 6.20 Å². The monoisotopic (exact) mass is 141 g/mol. The molecule has 1 aliphatic carbocycles. The third kappa shape index (κ3) is 7.54. The average molecular weight is 141 g/mol. The molecular formula is C9H19N. The molecule has 60 valence electrons. The minimum Gasteiger partial charge on any atom is -0.378 e. The van der Waals surface area contributed by atoms with Gasteiger partial charge in [0, 0.05) is 13.1 Å². The molecule has 0 saturated heterocycles. The highest BCUT2D eigenvalue weighted by atomic mass is 15.1. The van der Waals surface area contributed by atoms with Crippen LogP contribution >= 0.6 is 0 Å². The fourth-order valence-electron chi connectivity index (χ4n) is 0.482. The molecule has 0 atom stereocenters. The second kappa shape index (κ2) is 6.66. The van der Waals surface area contributed by atoms with Crippen molar-refractivity contribution in [1.82, 2.24) is 4.90 Å². The van der Waals surface area contributed by atoms with Gasteiger partial charge in [0.15, 0.2) is 0 Å². The number of hydrogen-bond acceptors (Lipinski definition) is 1. The van der Waals surface area contributed by atoms with Crippen molar-refractivity contribution in [2.75, 3.05) is 13.1 Å². The van der Waals surface area contributed by atoms with Crippen LogP contribution in [0.4, 0.5) is 0 Å². The molecule has 10 heavy (non-hydrogen) atoms. The molecule has 1 nitrogen and oxygen atoms in total. The van der Waals surface area contributed by atoms with Crippen LogP contribution in [0.2, 0.25) is 0 Å². The van der Waals surface area contributed by atoms with Gasteiger partial charge in [-0.25, -0.2) is 0 Å². The summed E-state index contributed by atoms with van der Waals surface area (Å²) in [5, 5.41) is 0. The molecule has 1 rings (SSSR count). The first-order valence-electron chi connectivity index (χ1n) is 4.21. The third-order valence-electron chi connectivity index (χ3n) is 1.42. The van der Waals surface area contributed by atoms with Crippen molar-refractivity contribution < 1.29 is 0 Å². The molecule has 0 aromatic rings. The predicted octanol–water partition coefficient (Wildman–Crippen LogP) is 2.64. The molecule has 0 unspecified atom stereocenters. The van der Waals surface area contributed by atoms with Gasteiger partial charge in [-0.1, -0.05) is 25.8 Å². The van der Waals surface area contributed by atoms with E-state index in [0.717, 1.165) is 13.1 Å². The minimum absolute atomic E-state index is 1.07. The Kier molecular flexibility index (Phi) is 6.35. The maximum Gasteiger partial charge on any atom is 0.0143 e. The number of nitrogens with zero attached hydrogens (tertiary/aromatic N) is 1. The summed E-state index contributed by atoms with van der Waals surface area (Å²) in [5.41, 5.74) is 0. The summed E-state index contributed by atoms with van der Waals surface area (Å²) in [4.78, 5) is 2.14. The van der Waals surface area contributed by atoms with E-state index < -0.39 is 0 Å². The van der Waals surface area contributed by atoms with Gasteiger partial charge in [0.1, 0.15) is 0 Å². The number of hydrogen-bond donors (Lipinski definition) is 0. The van der Waals surface area contributed by atoms with Crippen molar-refractivity contribution >= 4 is 0 Å². The Morgan fingerprint density at radius 1 is 1.20 bits per heavy atom. The maximum absolute atomic E-state index is 3.63. The molecule has 0 spiro atoms. The van der Waals surface area contributed by atoms with Crippen LogP contribution in [0.1, 0.15) is 33.1 Å². The van der Waals surface area contributed by atoms with Crippen molar-refractivity contribution in [3.05, 3.63) is 12.8 Å². The van der Waals surface area contributed by atoms with Crippen LogP contribution < -0.4 is 0 Å². The van der Waals surface area contributed by atoms with Crippen molar-refractivity contribution in [2.24, 2.45) is 0 Å². The summed E-state index contributed by atoms with van der Waals surface area (Å²) < 4.78 is 0. The van der Waals surface area contributed by atoms with Gasteiger partial charge >= 0.3 is 0 Å². The van der Waals surface area contributed by atoms with E-state index in [4.69, 9.17) is 0 Å². The Bertz CT molecular complexity index is 70.0. The van der Waals surface area contributed by atoms with Crippen LogP contribution in [0.5, 0.6) is 0 Å². The minimum atomic E-state index is 1.07. The van der Waals surface area contributed by atoms with Crippen molar-refractivity contribution in [2.45, 2.75) is 33.1 Å². The molecule has 0 radical (unpaired) electrons. The SMILES string of the molecule is C1CC1.C=CN(CC)CC. The zero-order valence-electron chi connectivity index (χ0n) is 7.27. The summed E-state index contributed by atoms with van der Waals surface area (Å²) in [7, 11) is 0. The molecule has 0 heterocycles. The molecule has 1 fully saturated rings. The van der Waals surface area contributed by atoms with E-state index >= 15 is 0 Å².